The van der Waals surface area contributed by atoms with E-state index in [0.717, 1.165) is 40.2 Å². The molecule has 3 rings (SSSR count). The minimum Gasteiger partial charge on any atom is -0.455 e. The number of hydrogen-bond acceptors (Lipinski definition) is 4. The monoisotopic (exact) mass is 473 g/mol. The summed E-state index contributed by atoms with van der Waals surface area (Å²) in [5.41, 5.74) is 5.73. The number of ether oxygens (including phenoxy) is 1. The minimum absolute atomic E-state index is 0.0108. The van der Waals surface area contributed by atoms with Gasteiger partial charge in [0.2, 0.25) is 0 Å². The molecule has 1 aromatic heterocycles. The van der Waals surface area contributed by atoms with E-state index < -0.39 is 5.97 Å². The first-order valence-electron chi connectivity index (χ1n) is 10.3. The number of aromatic nitrogens is 2. The Hall–Kier alpha value is -2.83. The van der Waals surface area contributed by atoms with E-state index in [-0.39, 0.29) is 18.9 Å². The predicted octanol–water partition coefficient (Wildman–Crippen LogP) is 5.39. The third-order valence-corrected chi connectivity index (χ3v) is 6.02. The van der Waals surface area contributed by atoms with Crippen molar-refractivity contribution in [3.8, 4) is 5.69 Å². The zero-order chi connectivity index (χ0) is 23.4. The van der Waals surface area contributed by atoms with E-state index in [2.05, 4.69) is 10.4 Å². The summed E-state index contributed by atoms with van der Waals surface area (Å²) in [5.74, 6) is -0.872. The Balaban J connectivity index is 1.65. The van der Waals surface area contributed by atoms with Crippen molar-refractivity contribution in [3.63, 3.8) is 0 Å². The second kappa shape index (κ2) is 10.2. The molecule has 0 radical (unpaired) electrons. The van der Waals surface area contributed by atoms with Crippen LogP contribution in [0.15, 0.2) is 36.4 Å². The molecule has 0 saturated heterocycles. The van der Waals surface area contributed by atoms with Gasteiger partial charge in [0.15, 0.2) is 6.61 Å². The third kappa shape index (κ3) is 5.31. The van der Waals surface area contributed by atoms with Crippen molar-refractivity contribution in [2.75, 3.05) is 11.9 Å². The van der Waals surface area contributed by atoms with Gasteiger partial charge in [0.1, 0.15) is 0 Å². The molecular formula is C24H25Cl2N3O3. The van der Waals surface area contributed by atoms with Gasteiger partial charge in [-0.3, -0.25) is 9.59 Å². The summed E-state index contributed by atoms with van der Waals surface area (Å²) in [6.07, 6.45) is 0.801. The molecule has 0 atom stereocenters. The lowest BCUT2D eigenvalue weighted by molar-refractivity contribution is -0.146. The van der Waals surface area contributed by atoms with Crippen molar-refractivity contribution < 1.29 is 14.3 Å². The molecule has 32 heavy (non-hydrogen) atoms. The van der Waals surface area contributed by atoms with Crippen LogP contribution in [0.5, 0.6) is 0 Å². The number of benzene rings is 2. The van der Waals surface area contributed by atoms with Gasteiger partial charge in [0, 0.05) is 16.9 Å². The summed E-state index contributed by atoms with van der Waals surface area (Å²) in [5, 5.41) is 8.24. The smallest absolute Gasteiger partial charge is 0.310 e. The van der Waals surface area contributed by atoms with Gasteiger partial charge in [-0.15, -0.1) is 0 Å². The zero-order valence-electron chi connectivity index (χ0n) is 18.5. The van der Waals surface area contributed by atoms with Crippen LogP contribution in [0.25, 0.3) is 5.69 Å². The summed E-state index contributed by atoms with van der Waals surface area (Å²) >= 11 is 12.1. The Bertz CT molecular complexity index is 1170. The number of halogens is 2. The van der Waals surface area contributed by atoms with Crippen LogP contribution in [0.1, 0.15) is 35.0 Å². The molecule has 3 aromatic rings. The van der Waals surface area contributed by atoms with Gasteiger partial charge in [-0.05, 0) is 56.5 Å². The van der Waals surface area contributed by atoms with Crippen molar-refractivity contribution in [1.29, 1.82) is 0 Å². The first-order valence-corrected chi connectivity index (χ1v) is 11.0. The summed E-state index contributed by atoms with van der Waals surface area (Å²) in [4.78, 5) is 24.8. The molecule has 0 saturated carbocycles. The van der Waals surface area contributed by atoms with Gasteiger partial charge in [-0.25, -0.2) is 4.68 Å². The lowest BCUT2D eigenvalue weighted by Gasteiger charge is -2.13. The molecule has 1 N–H and O–H groups in total. The Kier molecular flexibility index (Phi) is 7.59. The molecule has 0 aliphatic carbocycles. The van der Waals surface area contributed by atoms with Crippen molar-refractivity contribution >= 4 is 40.8 Å². The normalized spacial score (nSPS) is 10.8. The molecule has 8 heteroatoms. The zero-order valence-corrected chi connectivity index (χ0v) is 20.0. The Morgan fingerprint density at radius 2 is 1.84 bits per heavy atom. The van der Waals surface area contributed by atoms with Crippen LogP contribution in [0, 0.1) is 20.8 Å². The standard InChI is InChI=1S/C24H25Cl2N3O3/c1-5-17-8-6-7-14(2)24(17)27-22(30)13-32-23(31)12-19-15(3)28-29(16(19)4)18-9-10-20(25)21(26)11-18/h6-11H,5,12-13H2,1-4H3,(H,27,30). The summed E-state index contributed by atoms with van der Waals surface area (Å²) in [7, 11) is 0. The molecule has 1 heterocycles. The number of para-hydroxylation sites is 1. The number of carbonyl (C=O) groups is 2. The third-order valence-electron chi connectivity index (χ3n) is 5.28. The van der Waals surface area contributed by atoms with E-state index in [1.807, 2.05) is 45.9 Å². The summed E-state index contributed by atoms with van der Waals surface area (Å²) in [6, 6.07) is 11.1. The van der Waals surface area contributed by atoms with Crippen LogP contribution in [-0.2, 0) is 27.2 Å². The molecule has 0 bridgehead atoms. The largest absolute Gasteiger partial charge is 0.455 e. The number of carbonyl (C=O) groups excluding carboxylic acids is 2. The van der Waals surface area contributed by atoms with Gasteiger partial charge < -0.3 is 10.1 Å². The molecule has 6 nitrogen and oxygen atoms in total. The lowest BCUT2D eigenvalue weighted by Crippen LogP contribution is -2.22. The maximum Gasteiger partial charge on any atom is 0.310 e. The highest BCUT2D eigenvalue weighted by atomic mass is 35.5. The second-order valence-electron chi connectivity index (χ2n) is 7.51. The Labute approximate surface area is 197 Å². The predicted molar refractivity (Wildman–Crippen MR) is 127 cm³/mol. The van der Waals surface area contributed by atoms with Crippen LogP contribution in [0.3, 0.4) is 0 Å². The first kappa shape index (κ1) is 23.8. The Morgan fingerprint density at radius 1 is 1.09 bits per heavy atom. The number of rotatable bonds is 7. The fourth-order valence-corrected chi connectivity index (χ4v) is 3.81. The SMILES string of the molecule is CCc1cccc(C)c1NC(=O)COC(=O)Cc1c(C)nn(-c2ccc(Cl)c(Cl)c2)c1C. The molecule has 2 aromatic carbocycles. The van der Waals surface area contributed by atoms with Crippen LogP contribution in [-0.4, -0.2) is 28.3 Å². The Morgan fingerprint density at radius 3 is 2.53 bits per heavy atom. The van der Waals surface area contributed by atoms with Gasteiger partial charge >= 0.3 is 5.97 Å². The van der Waals surface area contributed by atoms with Crippen molar-refractivity contribution in [1.82, 2.24) is 9.78 Å². The number of hydrogen-bond donors (Lipinski definition) is 1. The number of aryl methyl sites for hydroxylation is 3. The van der Waals surface area contributed by atoms with E-state index in [4.69, 9.17) is 27.9 Å². The quantitative estimate of drug-likeness (QED) is 0.466. The fourth-order valence-electron chi connectivity index (χ4n) is 3.52. The highest BCUT2D eigenvalue weighted by molar-refractivity contribution is 6.42. The highest BCUT2D eigenvalue weighted by Gasteiger charge is 2.18. The van der Waals surface area contributed by atoms with Crippen molar-refractivity contribution in [3.05, 3.63) is 74.5 Å². The maximum atomic E-state index is 12.4. The molecular weight excluding hydrogens is 449 g/mol. The van der Waals surface area contributed by atoms with Crippen LogP contribution in [0.2, 0.25) is 10.0 Å². The van der Waals surface area contributed by atoms with E-state index in [0.29, 0.717) is 15.7 Å². The van der Waals surface area contributed by atoms with Gasteiger partial charge in [0.05, 0.1) is 27.8 Å². The number of anilines is 1. The first-order chi connectivity index (χ1) is 15.2. The van der Waals surface area contributed by atoms with E-state index in [1.54, 1.807) is 22.9 Å². The minimum atomic E-state index is -0.500. The van der Waals surface area contributed by atoms with Gasteiger partial charge in [0.25, 0.3) is 5.91 Å². The highest BCUT2D eigenvalue weighted by Crippen LogP contribution is 2.26. The van der Waals surface area contributed by atoms with Crippen LogP contribution >= 0.6 is 23.2 Å². The molecule has 1 amide bonds. The van der Waals surface area contributed by atoms with Crippen LogP contribution < -0.4 is 5.32 Å². The molecule has 0 fully saturated rings. The number of nitrogens with one attached hydrogen (secondary N) is 1. The van der Waals surface area contributed by atoms with Crippen molar-refractivity contribution in [2.24, 2.45) is 0 Å². The van der Waals surface area contributed by atoms with E-state index >= 15 is 0 Å². The molecule has 168 valence electrons. The van der Waals surface area contributed by atoms with Gasteiger partial charge in [-0.2, -0.15) is 5.10 Å². The molecule has 0 aliphatic heterocycles. The van der Waals surface area contributed by atoms with Crippen molar-refractivity contribution in [2.45, 2.75) is 40.5 Å². The average Bonchev–Trinajstić information content (AvgIpc) is 3.04. The number of esters is 1. The number of nitrogens with zero attached hydrogens (tertiary/aromatic N) is 2. The molecule has 0 aliphatic rings. The molecule has 0 unspecified atom stereocenters. The lowest BCUT2D eigenvalue weighted by atomic mass is 10.1. The summed E-state index contributed by atoms with van der Waals surface area (Å²) in [6.45, 7) is 7.28. The maximum absolute atomic E-state index is 12.4. The second-order valence-corrected chi connectivity index (χ2v) is 8.32. The van der Waals surface area contributed by atoms with Crippen LogP contribution in [0.4, 0.5) is 5.69 Å². The van der Waals surface area contributed by atoms with E-state index in [1.165, 1.54) is 0 Å². The summed E-state index contributed by atoms with van der Waals surface area (Å²) < 4.78 is 6.93. The van der Waals surface area contributed by atoms with Gasteiger partial charge in [-0.1, -0.05) is 48.3 Å². The topological polar surface area (TPSA) is 73.2 Å². The van der Waals surface area contributed by atoms with E-state index in [9.17, 15) is 9.59 Å². The molecule has 0 spiro atoms. The average molecular weight is 474 g/mol. The fraction of sp³-hybridized carbons (Fsp3) is 0.292. The number of amides is 1.